The zero-order valence-corrected chi connectivity index (χ0v) is 18.8. The van der Waals surface area contributed by atoms with E-state index in [-0.39, 0.29) is 23.8 Å². The van der Waals surface area contributed by atoms with Crippen LogP contribution >= 0.6 is 0 Å². The SMILES string of the molecule is CC(C)c1cccc(S(=O)(=O)C2(C)CCOC(c3cncc(S(C)(=O)=O)c3)C2)c1. The van der Waals surface area contributed by atoms with E-state index in [0.717, 1.165) is 11.8 Å². The van der Waals surface area contributed by atoms with Crippen LogP contribution in [0.1, 0.15) is 56.8 Å². The lowest BCUT2D eigenvalue weighted by atomic mass is 9.93. The lowest BCUT2D eigenvalue weighted by Crippen LogP contribution is -2.42. The Bertz CT molecular complexity index is 1110. The lowest BCUT2D eigenvalue weighted by molar-refractivity contribution is -0.00000369. The summed E-state index contributed by atoms with van der Waals surface area (Å²) in [6.07, 6.45) is 4.01. The summed E-state index contributed by atoms with van der Waals surface area (Å²) in [4.78, 5) is 4.43. The van der Waals surface area contributed by atoms with Crippen LogP contribution in [0.2, 0.25) is 0 Å². The molecule has 0 saturated carbocycles. The van der Waals surface area contributed by atoms with E-state index in [1.807, 2.05) is 19.9 Å². The van der Waals surface area contributed by atoms with Gasteiger partial charge in [-0.1, -0.05) is 26.0 Å². The van der Waals surface area contributed by atoms with Gasteiger partial charge in [-0.25, -0.2) is 16.8 Å². The first-order valence-electron chi connectivity index (χ1n) is 9.55. The van der Waals surface area contributed by atoms with Crippen LogP contribution in [-0.2, 0) is 24.4 Å². The number of ether oxygens (including phenoxy) is 1. The van der Waals surface area contributed by atoms with Gasteiger partial charge in [0.2, 0.25) is 0 Å². The summed E-state index contributed by atoms with van der Waals surface area (Å²) in [6.45, 7) is 6.07. The van der Waals surface area contributed by atoms with Crippen LogP contribution in [0.3, 0.4) is 0 Å². The maximum absolute atomic E-state index is 13.5. The van der Waals surface area contributed by atoms with Crippen LogP contribution in [0, 0.1) is 0 Å². The summed E-state index contributed by atoms with van der Waals surface area (Å²) in [5, 5.41) is 0. The minimum Gasteiger partial charge on any atom is -0.373 e. The Labute approximate surface area is 173 Å². The van der Waals surface area contributed by atoms with Crippen molar-refractivity contribution >= 4 is 19.7 Å². The van der Waals surface area contributed by atoms with E-state index in [1.165, 1.54) is 18.5 Å². The largest absolute Gasteiger partial charge is 0.373 e. The molecule has 1 aromatic heterocycles. The van der Waals surface area contributed by atoms with Gasteiger partial charge in [-0.05, 0) is 49.4 Å². The molecule has 0 N–H and O–H groups in total. The van der Waals surface area contributed by atoms with Crippen molar-refractivity contribution in [1.82, 2.24) is 4.98 Å². The molecule has 0 radical (unpaired) electrons. The third-order valence-corrected chi connectivity index (χ3v) is 9.21. The zero-order valence-electron chi connectivity index (χ0n) is 17.1. The van der Waals surface area contributed by atoms with Crippen LogP contribution in [0.5, 0.6) is 0 Å². The van der Waals surface area contributed by atoms with Crippen LogP contribution < -0.4 is 0 Å². The Morgan fingerprint density at radius 3 is 2.48 bits per heavy atom. The number of aromatic nitrogens is 1. The molecule has 1 aromatic carbocycles. The lowest BCUT2D eigenvalue weighted by Gasteiger charge is -2.38. The topological polar surface area (TPSA) is 90.4 Å². The molecule has 3 rings (SSSR count). The molecular weight excluding hydrogens is 410 g/mol. The molecule has 8 heteroatoms. The van der Waals surface area contributed by atoms with Crippen molar-refractivity contribution in [3.8, 4) is 0 Å². The fraction of sp³-hybridized carbons (Fsp3) is 0.476. The van der Waals surface area contributed by atoms with Crippen LogP contribution in [0.25, 0.3) is 0 Å². The van der Waals surface area contributed by atoms with Crippen molar-refractivity contribution in [3.63, 3.8) is 0 Å². The van der Waals surface area contributed by atoms with E-state index in [4.69, 9.17) is 4.74 Å². The van der Waals surface area contributed by atoms with Crippen molar-refractivity contribution in [2.75, 3.05) is 12.9 Å². The van der Waals surface area contributed by atoms with Gasteiger partial charge in [0.15, 0.2) is 19.7 Å². The molecule has 1 saturated heterocycles. The smallest absolute Gasteiger partial charge is 0.184 e. The number of rotatable bonds is 5. The molecule has 0 aliphatic carbocycles. The Hall–Kier alpha value is -1.77. The molecule has 2 heterocycles. The van der Waals surface area contributed by atoms with E-state index in [9.17, 15) is 16.8 Å². The van der Waals surface area contributed by atoms with E-state index in [0.29, 0.717) is 16.9 Å². The van der Waals surface area contributed by atoms with Gasteiger partial charge in [0, 0.05) is 30.8 Å². The van der Waals surface area contributed by atoms with Crippen molar-refractivity contribution in [3.05, 3.63) is 53.9 Å². The summed E-state index contributed by atoms with van der Waals surface area (Å²) < 4.78 is 55.5. The number of sulfone groups is 2. The summed E-state index contributed by atoms with van der Waals surface area (Å²) in [7, 11) is -7.03. The highest BCUT2D eigenvalue weighted by Crippen LogP contribution is 2.42. The first kappa shape index (κ1) is 21.9. The Morgan fingerprint density at radius 2 is 1.83 bits per heavy atom. The molecule has 2 aromatic rings. The summed E-state index contributed by atoms with van der Waals surface area (Å²) in [5.74, 6) is 0.227. The van der Waals surface area contributed by atoms with E-state index >= 15 is 0 Å². The molecule has 6 nitrogen and oxygen atoms in total. The summed E-state index contributed by atoms with van der Waals surface area (Å²) in [6, 6.07) is 8.62. The van der Waals surface area contributed by atoms with E-state index < -0.39 is 30.5 Å². The first-order chi connectivity index (χ1) is 13.4. The van der Waals surface area contributed by atoms with Gasteiger partial charge in [-0.3, -0.25) is 4.98 Å². The molecule has 2 unspecified atom stereocenters. The molecule has 0 amide bonds. The quantitative estimate of drug-likeness (QED) is 0.709. The zero-order chi connectivity index (χ0) is 21.4. The highest BCUT2D eigenvalue weighted by molar-refractivity contribution is 7.92. The van der Waals surface area contributed by atoms with Crippen molar-refractivity contribution in [2.45, 2.75) is 60.2 Å². The second-order valence-electron chi connectivity index (χ2n) is 8.22. The highest BCUT2D eigenvalue weighted by Gasteiger charge is 2.45. The van der Waals surface area contributed by atoms with Gasteiger partial charge in [-0.15, -0.1) is 0 Å². The average molecular weight is 438 g/mol. The van der Waals surface area contributed by atoms with Crippen LogP contribution in [0.15, 0.2) is 52.5 Å². The van der Waals surface area contributed by atoms with Gasteiger partial charge in [0.25, 0.3) is 0 Å². The maximum atomic E-state index is 13.5. The number of hydrogen-bond donors (Lipinski definition) is 0. The normalized spacial score (nSPS) is 23.3. The fourth-order valence-electron chi connectivity index (χ4n) is 3.57. The summed E-state index contributed by atoms with van der Waals surface area (Å²) in [5.41, 5.74) is 1.55. The van der Waals surface area contributed by atoms with Crippen molar-refractivity contribution in [2.24, 2.45) is 0 Å². The fourth-order valence-corrected chi connectivity index (χ4v) is 6.01. The van der Waals surface area contributed by atoms with Gasteiger partial charge < -0.3 is 4.74 Å². The number of hydrogen-bond acceptors (Lipinski definition) is 6. The molecule has 1 aliphatic rings. The number of benzene rings is 1. The number of nitrogens with zero attached hydrogens (tertiary/aromatic N) is 1. The molecule has 158 valence electrons. The number of pyridine rings is 1. The van der Waals surface area contributed by atoms with Gasteiger partial charge in [-0.2, -0.15) is 0 Å². The third-order valence-electron chi connectivity index (χ3n) is 5.59. The third kappa shape index (κ3) is 4.39. The Kier molecular flexibility index (Phi) is 5.91. The maximum Gasteiger partial charge on any atom is 0.184 e. The predicted octanol–water partition coefficient (Wildman–Crippen LogP) is 3.69. The van der Waals surface area contributed by atoms with Crippen LogP contribution in [-0.4, -0.2) is 39.4 Å². The molecule has 0 bridgehead atoms. The van der Waals surface area contributed by atoms with Gasteiger partial charge >= 0.3 is 0 Å². The predicted molar refractivity (Wildman–Crippen MR) is 111 cm³/mol. The average Bonchev–Trinajstić information content (AvgIpc) is 2.67. The Morgan fingerprint density at radius 1 is 1.10 bits per heavy atom. The second-order valence-corrected chi connectivity index (χ2v) is 12.7. The van der Waals surface area contributed by atoms with Crippen molar-refractivity contribution in [1.29, 1.82) is 0 Å². The minimum atomic E-state index is -3.62. The molecule has 2 atom stereocenters. The second kappa shape index (κ2) is 7.81. The van der Waals surface area contributed by atoms with Crippen molar-refractivity contribution < 1.29 is 21.6 Å². The standard InChI is InChI=1S/C21H27NO5S2/c1-15(2)16-6-5-7-18(10-16)29(25,26)21(3)8-9-27-20(12-21)17-11-19(14-22-13-17)28(4,23)24/h5-7,10-11,13-15,20H,8-9,12H2,1-4H3. The van der Waals surface area contributed by atoms with E-state index in [1.54, 1.807) is 25.1 Å². The Balaban J connectivity index is 1.96. The van der Waals surface area contributed by atoms with E-state index in [2.05, 4.69) is 4.98 Å². The summed E-state index contributed by atoms with van der Waals surface area (Å²) >= 11 is 0. The molecule has 1 aliphatic heterocycles. The monoisotopic (exact) mass is 437 g/mol. The molecular formula is C21H27NO5S2. The first-order valence-corrected chi connectivity index (χ1v) is 12.9. The van der Waals surface area contributed by atoms with Gasteiger partial charge in [0.05, 0.1) is 20.6 Å². The molecule has 29 heavy (non-hydrogen) atoms. The highest BCUT2D eigenvalue weighted by atomic mass is 32.2. The van der Waals surface area contributed by atoms with Crippen LogP contribution in [0.4, 0.5) is 0 Å². The minimum absolute atomic E-state index is 0.0957. The molecule has 0 spiro atoms. The van der Waals surface area contributed by atoms with Gasteiger partial charge in [0.1, 0.15) is 0 Å². The molecule has 1 fully saturated rings.